The number of fused-ring (bicyclic) bond motifs is 5. The molecule has 4 fully saturated rings. The summed E-state index contributed by atoms with van der Waals surface area (Å²) in [4.78, 5) is 0. The molecule has 0 spiro atoms. The van der Waals surface area contributed by atoms with Crippen molar-refractivity contribution in [1.29, 1.82) is 0 Å². The Morgan fingerprint density at radius 1 is 0.909 bits per heavy atom. The van der Waals surface area contributed by atoms with Crippen LogP contribution in [-0.4, -0.2) is 55.0 Å². The standard InChI is InChI=1S/C28H50O5/c1-16(9-12-27(5,33)25(2,3)32)19-7-8-20-24-21(15-23(31)28(19,20)6)26(4)11-10-18(29)13-17(26)14-22(24)30/h16-24,29-33H,7-15H2,1-6H3/t16-,17-,18+,19+,20+,21-,22+,23-,24-,26+,27-,28+/m0/s1. The summed E-state index contributed by atoms with van der Waals surface area (Å²) in [6, 6.07) is 0. The topological polar surface area (TPSA) is 101 Å². The smallest absolute Gasteiger partial charge is 0.0900 e. The van der Waals surface area contributed by atoms with Crippen molar-refractivity contribution in [2.45, 2.75) is 129 Å². The summed E-state index contributed by atoms with van der Waals surface area (Å²) in [5, 5.41) is 54.5. The van der Waals surface area contributed by atoms with Crippen LogP contribution in [0.3, 0.4) is 0 Å². The Labute approximate surface area is 201 Å². The molecule has 0 unspecified atom stereocenters. The van der Waals surface area contributed by atoms with Crippen LogP contribution in [-0.2, 0) is 0 Å². The van der Waals surface area contributed by atoms with Gasteiger partial charge in [-0.1, -0.05) is 20.8 Å². The van der Waals surface area contributed by atoms with Gasteiger partial charge in [0.25, 0.3) is 0 Å². The zero-order valence-electron chi connectivity index (χ0n) is 21.8. The first-order valence-corrected chi connectivity index (χ1v) is 13.6. The van der Waals surface area contributed by atoms with E-state index in [2.05, 4.69) is 20.8 Å². The fourth-order valence-corrected chi connectivity index (χ4v) is 9.15. The Balaban J connectivity index is 1.55. The minimum absolute atomic E-state index is 0.0978. The molecule has 0 aromatic carbocycles. The summed E-state index contributed by atoms with van der Waals surface area (Å²) in [6.07, 6.45) is 6.62. The average molecular weight is 467 g/mol. The van der Waals surface area contributed by atoms with Gasteiger partial charge in [0.2, 0.25) is 0 Å². The van der Waals surface area contributed by atoms with E-state index in [0.717, 1.165) is 51.4 Å². The third-order valence-electron chi connectivity index (χ3n) is 11.9. The maximum absolute atomic E-state index is 11.7. The van der Waals surface area contributed by atoms with Crippen molar-refractivity contribution in [3.63, 3.8) is 0 Å². The molecule has 12 atom stereocenters. The minimum atomic E-state index is -1.15. The second-order valence-electron chi connectivity index (χ2n) is 13.9. The molecule has 4 aliphatic rings. The summed E-state index contributed by atoms with van der Waals surface area (Å²) in [5.41, 5.74) is -2.43. The van der Waals surface area contributed by atoms with Crippen molar-refractivity contribution in [3.05, 3.63) is 0 Å². The van der Waals surface area contributed by atoms with E-state index in [0.29, 0.717) is 36.0 Å². The van der Waals surface area contributed by atoms with E-state index >= 15 is 0 Å². The molecule has 0 heterocycles. The predicted molar refractivity (Wildman–Crippen MR) is 129 cm³/mol. The molecule has 0 bridgehead atoms. The molecular formula is C28H50O5. The van der Waals surface area contributed by atoms with Gasteiger partial charge in [0.15, 0.2) is 0 Å². The van der Waals surface area contributed by atoms with Crippen LogP contribution in [0.4, 0.5) is 0 Å². The number of hydrogen-bond donors (Lipinski definition) is 5. The predicted octanol–water partition coefficient (Wildman–Crippen LogP) is 3.89. The van der Waals surface area contributed by atoms with Gasteiger partial charge in [0, 0.05) is 0 Å². The van der Waals surface area contributed by atoms with Gasteiger partial charge in [-0.05, 0) is 125 Å². The van der Waals surface area contributed by atoms with Crippen LogP contribution in [0.5, 0.6) is 0 Å². The lowest BCUT2D eigenvalue weighted by Crippen LogP contribution is -2.62. The average Bonchev–Trinajstić information content (AvgIpc) is 3.06. The lowest BCUT2D eigenvalue weighted by Gasteiger charge is -2.63. The molecule has 0 aliphatic heterocycles. The van der Waals surface area contributed by atoms with Crippen molar-refractivity contribution < 1.29 is 25.5 Å². The number of hydrogen-bond acceptors (Lipinski definition) is 5. The molecule has 192 valence electrons. The third-order valence-corrected chi connectivity index (χ3v) is 11.9. The molecular weight excluding hydrogens is 416 g/mol. The van der Waals surface area contributed by atoms with Gasteiger partial charge in [-0.25, -0.2) is 0 Å². The molecule has 33 heavy (non-hydrogen) atoms. The van der Waals surface area contributed by atoms with Crippen molar-refractivity contribution in [1.82, 2.24) is 0 Å². The van der Waals surface area contributed by atoms with E-state index in [1.807, 2.05) is 0 Å². The fourth-order valence-electron chi connectivity index (χ4n) is 9.15. The van der Waals surface area contributed by atoms with Crippen LogP contribution in [0, 0.1) is 46.3 Å². The van der Waals surface area contributed by atoms with Crippen molar-refractivity contribution in [2.75, 3.05) is 0 Å². The Kier molecular flexibility index (Phi) is 6.62. The summed E-state index contributed by atoms with van der Waals surface area (Å²) in [5.74, 6) is 1.88. The van der Waals surface area contributed by atoms with Crippen LogP contribution in [0.25, 0.3) is 0 Å². The van der Waals surface area contributed by atoms with Crippen molar-refractivity contribution in [3.8, 4) is 0 Å². The largest absolute Gasteiger partial charge is 0.393 e. The maximum atomic E-state index is 11.7. The highest BCUT2D eigenvalue weighted by atomic mass is 16.4. The zero-order valence-corrected chi connectivity index (χ0v) is 21.8. The normalized spacial score (nSPS) is 50.6. The second kappa shape index (κ2) is 8.44. The lowest BCUT2D eigenvalue weighted by molar-refractivity contribution is -0.207. The molecule has 4 rings (SSSR count). The quantitative estimate of drug-likeness (QED) is 0.423. The molecule has 0 saturated heterocycles. The SMILES string of the molecule is C[C@@H](CC[C@](C)(O)C(C)(C)O)[C@H]1CC[C@@H]2[C@@H]3[C@H](O)C[C@@H]4C[C@H](O)CC[C@@]4(C)[C@H]3C[C@H](O)[C@@]21C. The van der Waals surface area contributed by atoms with E-state index in [-0.39, 0.29) is 35.1 Å². The van der Waals surface area contributed by atoms with E-state index in [1.165, 1.54) is 0 Å². The van der Waals surface area contributed by atoms with Crippen molar-refractivity contribution >= 4 is 0 Å². The van der Waals surface area contributed by atoms with Crippen LogP contribution >= 0.6 is 0 Å². The first kappa shape index (κ1) is 25.9. The molecule has 0 aromatic heterocycles. The van der Waals surface area contributed by atoms with Crippen LogP contribution in [0.15, 0.2) is 0 Å². The molecule has 4 aliphatic carbocycles. The fraction of sp³-hybridized carbons (Fsp3) is 1.00. The van der Waals surface area contributed by atoms with Crippen LogP contribution in [0.2, 0.25) is 0 Å². The molecule has 5 nitrogen and oxygen atoms in total. The van der Waals surface area contributed by atoms with Gasteiger partial charge < -0.3 is 25.5 Å². The second-order valence-corrected chi connectivity index (χ2v) is 13.9. The third kappa shape index (κ3) is 4.02. The highest BCUT2D eigenvalue weighted by molar-refractivity contribution is 5.14. The summed E-state index contributed by atoms with van der Waals surface area (Å²) >= 11 is 0. The first-order chi connectivity index (χ1) is 15.1. The molecule has 4 saturated carbocycles. The Hall–Kier alpha value is -0.200. The first-order valence-electron chi connectivity index (χ1n) is 13.6. The summed E-state index contributed by atoms with van der Waals surface area (Å²) in [7, 11) is 0. The van der Waals surface area contributed by atoms with Crippen LogP contribution in [0.1, 0.15) is 99.3 Å². The monoisotopic (exact) mass is 466 g/mol. The molecule has 0 radical (unpaired) electrons. The highest BCUT2D eigenvalue weighted by Crippen LogP contribution is 2.68. The van der Waals surface area contributed by atoms with E-state index in [4.69, 9.17) is 0 Å². The van der Waals surface area contributed by atoms with Gasteiger partial charge in [-0.15, -0.1) is 0 Å². The maximum Gasteiger partial charge on any atom is 0.0900 e. The Morgan fingerprint density at radius 3 is 2.21 bits per heavy atom. The van der Waals surface area contributed by atoms with E-state index < -0.39 is 11.2 Å². The highest BCUT2D eigenvalue weighted by Gasteiger charge is 2.65. The molecule has 0 aromatic rings. The number of aliphatic hydroxyl groups is 5. The van der Waals surface area contributed by atoms with E-state index in [9.17, 15) is 25.5 Å². The Morgan fingerprint density at radius 2 is 1.58 bits per heavy atom. The molecule has 5 heteroatoms. The number of aliphatic hydroxyl groups excluding tert-OH is 3. The van der Waals surface area contributed by atoms with Gasteiger partial charge in [-0.3, -0.25) is 0 Å². The minimum Gasteiger partial charge on any atom is -0.393 e. The lowest BCUT2D eigenvalue weighted by atomic mass is 9.43. The van der Waals surface area contributed by atoms with E-state index in [1.54, 1.807) is 20.8 Å². The van der Waals surface area contributed by atoms with Crippen molar-refractivity contribution in [2.24, 2.45) is 46.3 Å². The number of rotatable bonds is 5. The van der Waals surface area contributed by atoms with Gasteiger partial charge >= 0.3 is 0 Å². The van der Waals surface area contributed by atoms with Gasteiger partial charge in [0.1, 0.15) is 0 Å². The van der Waals surface area contributed by atoms with Crippen LogP contribution < -0.4 is 0 Å². The zero-order chi connectivity index (χ0) is 24.6. The summed E-state index contributed by atoms with van der Waals surface area (Å²) in [6.45, 7) is 11.9. The van der Waals surface area contributed by atoms with Gasteiger partial charge in [-0.2, -0.15) is 0 Å². The van der Waals surface area contributed by atoms with Gasteiger partial charge in [0.05, 0.1) is 29.5 Å². The molecule has 0 amide bonds. The Bertz CT molecular complexity index is 716. The molecule has 5 N–H and O–H groups in total. The summed E-state index contributed by atoms with van der Waals surface area (Å²) < 4.78 is 0.